The van der Waals surface area contributed by atoms with Crippen LogP contribution in [0.3, 0.4) is 0 Å². The molecule has 0 bridgehead atoms. The zero-order chi connectivity index (χ0) is 23.1. The lowest BCUT2D eigenvalue weighted by atomic mass is 9.86. The molecule has 2 atom stereocenters. The highest BCUT2D eigenvalue weighted by molar-refractivity contribution is 5.97. The van der Waals surface area contributed by atoms with E-state index in [9.17, 15) is 19.7 Å². The van der Waals surface area contributed by atoms with Crippen LogP contribution in [0.2, 0.25) is 0 Å². The van der Waals surface area contributed by atoms with Crippen molar-refractivity contribution in [1.82, 2.24) is 14.8 Å². The summed E-state index contributed by atoms with van der Waals surface area (Å²) in [5, 5.41) is 12.4. The molecule has 3 aromatic rings. The summed E-state index contributed by atoms with van der Waals surface area (Å²) < 4.78 is 5.10. The second-order valence-corrected chi connectivity index (χ2v) is 8.44. The Balaban J connectivity index is 1.63. The van der Waals surface area contributed by atoms with Gasteiger partial charge in [0.2, 0.25) is 11.8 Å². The van der Waals surface area contributed by atoms with Crippen molar-refractivity contribution in [3.63, 3.8) is 0 Å². The summed E-state index contributed by atoms with van der Waals surface area (Å²) in [7, 11) is 1.61. The number of nitro benzene ring substituents is 1. The number of piperazine rings is 1. The Labute approximate surface area is 190 Å². The molecule has 2 unspecified atom stereocenters. The van der Waals surface area contributed by atoms with Gasteiger partial charge in [0.15, 0.2) is 0 Å². The number of aromatic nitrogens is 1. The molecule has 1 saturated heterocycles. The third-order valence-corrected chi connectivity index (χ3v) is 6.52. The Morgan fingerprint density at radius 3 is 2.79 bits per heavy atom. The molecule has 2 aromatic carbocycles. The average molecular weight is 448 g/mol. The molecule has 1 aromatic heterocycles. The number of H-pyrrole nitrogens is 1. The van der Waals surface area contributed by atoms with E-state index in [2.05, 4.69) is 4.98 Å². The summed E-state index contributed by atoms with van der Waals surface area (Å²) in [5.74, 6) is -0.269. The maximum atomic E-state index is 13.5. The number of non-ortho nitro benzene ring substituents is 1. The predicted octanol–water partition coefficient (Wildman–Crippen LogP) is 2.80. The van der Waals surface area contributed by atoms with Crippen LogP contribution in [-0.4, -0.2) is 64.4 Å². The van der Waals surface area contributed by atoms with Crippen LogP contribution >= 0.6 is 0 Å². The van der Waals surface area contributed by atoms with E-state index in [-0.39, 0.29) is 24.0 Å². The van der Waals surface area contributed by atoms with Crippen molar-refractivity contribution in [2.45, 2.75) is 24.9 Å². The van der Waals surface area contributed by atoms with E-state index in [1.165, 1.54) is 12.1 Å². The summed E-state index contributed by atoms with van der Waals surface area (Å²) in [5.41, 5.74) is 3.25. The molecule has 33 heavy (non-hydrogen) atoms. The van der Waals surface area contributed by atoms with Crippen molar-refractivity contribution in [1.29, 1.82) is 0 Å². The smallest absolute Gasteiger partial charge is 0.269 e. The highest BCUT2D eigenvalue weighted by Crippen LogP contribution is 2.43. The van der Waals surface area contributed by atoms with E-state index in [0.29, 0.717) is 31.6 Å². The maximum Gasteiger partial charge on any atom is 0.269 e. The standard InChI is InChI=1S/C24H24N4O5/c1-33-11-5-10-26-14-21(29)27-20(24(26)30)13-18-17-8-2-3-9-19(17)25-22(18)23(27)15-6-4-7-16(12-15)28(31)32/h2-4,6-9,12,20,23,25H,5,10-11,13-14H2,1H3. The second-order valence-electron chi connectivity index (χ2n) is 8.44. The molecule has 5 rings (SSSR count). The lowest BCUT2D eigenvalue weighted by molar-refractivity contribution is -0.384. The largest absolute Gasteiger partial charge is 0.385 e. The van der Waals surface area contributed by atoms with Gasteiger partial charge in [-0.3, -0.25) is 19.7 Å². The third kappa shape index (κ3) is 3.54. The van der Waals surface area contributed by atoms with Crippen molar-refractivity contribution >= 4 is 28.4 Å². The maximum absolute atomic E-state index is 13.5. The van der Waals surface area contributed by atoms with Crippen LogP contribution in [0.4, 0.5) is 5.69 Å². The lowest BCUT2D eigenvalue weighted by Gasteiger charge is -2.47. The lowest BCUT2D eigenvalue weighted by Crippen LogP contribution is -2.63. The summed E-state index contributed by atoms with van der Waals surface area (Å²) >= 11 is 0. The zero-order valence-electron chi connectivity index (χ0n) is 18.2. The molecule has 0 spiro atoms. The summed E-state index contributed by atoms with van der Waals surface area (Å²) in [6.45, 7) is 0.945. The second kappa shape index (κ2) is 8.32. The number of hydrogen-bond acceptors (Lipinski definition) is 5. The number of carbonyl (C=O) groups is 2. The van der Waals surface area contributed by atoms with Crippen molar-refractivity contribution in [2.75, 3.05) is 26.8 Å². The highest BCUT2D eigenvalue weighted by atomic mass is 16.6. The molecule has 1 fully saturated rings. The van der Waals surface area contributed by atoms with Gasteiger partial charge in [-0.05, 0) is 23.6 Å². The van der Waals surface area contributed by atoms with Crippen molar-refractivity contribution in [3.8, 4) is 0 Å². The quantitative estimate of drug-likeness (QED) is 0.354. The van der Waals surface area contributed by atoms with E-state index in [1.807, 2.05) is 24.3 Å². The van der Waals surface area contributed by atoms with Gasteiger partial charge in [0.25, 0.3) is 5.69 Å². The first-order valence-electron chi connectivity index (χ1n) is 10.9. The average Bonchev–Trinajstić information content (AvgIpc) is 3.19. The van der Waals surface area contributed by atoms with Crippen LogP contribution in [0.5, 0.6) is 0 Å². The van der Waals surface area contributed by atoms with Gasteiger partial charge in [0.1, 0.15) is 6.04 Å². The predicted molar refractivity (Wildman–Crippen MR) is 121 cm³/mol. The van der Waals surface area contributed by atoms with Gasteiger partial charge in [0.05, 0.1) is 17.5 Å². The molecule has 0 radical (unpaired) electrons. The molecule has 3 heterocycles. The molecule has 2 aliphatic rings. The summed E-state index contributed by atoms with van der Waals surface area (Å²) in [6.07, 6.45) is 1.05. The number of nitrogens with zero attached hydrogens (tertiary/aromatic N) is 3. The number of fused-ring (bicyclic) bond motifs is 4. The first-order valence-corrected chi connectivity index (χ1v) is 10.9. The molecular weight excluding hydrogens is 424 g/mol. The number of nitro groups is 1. The van der Waals surface area contributed by atoms with E-state index in [1.54, 1.807) is 29.0 Å². The molecule has 9 heteroatoms. The van der Waals surface area contributed by atoms with Gasteiger partial charge < -0.3 is 19.5 Å². The monoisotopic (exact) mass is 448 g/mol. The minimum Gasteiger partial charge on any atom is -0.385 e. The fourth-order valence-corrected chi connectivity index (χ4v) is 5.07. The molecular formula is C24H24N4O5. The minimum absolute atomic E-state index is 0.0139. The van der Waals surface area contributed by atoms with Gasteiger partial charge in [0, 0.05) is 55.4 Å². The van der Waals surface area contributed by atoms with Gasteiger partial charge in [-0.2, -0.15) is 0 Å². The van der Waals surface area contributed by atoms with Crippen LogP contribution in [0.1, 0.15) is 29.3 Å². The number of rotatable bonds is 6. The Morgan fingerprint density at radius 1 is 1.18 bits per heavy atom. The van der Waals surface area contributed by atoms with Gasteiger partial charge in [-0.1, -0.05) is 30.3 Å². The summed E-state index contributed by atoms with van der Waals surface area (Å²) in [6, 6.07) is 12.9. The molecule has 0 aliphatic carbocycles. The number of nitrogens with one attached hydrogen (secondary N) is 1. The van der Waals surface area contributed by atoms with E-state index in [0.717, 1.165) is 22.2 Å². The number of aromatic amines is 1. The third-order valence-electron chi connectivity index (χ3n) is 6.52. The molecule has 1 N–H and O–H groups in total. The van der Waals surface area contributed by atoms with Crippen molar-refractivity contribution < 1.29 is 19.2 Å². The first-order chi connectivity index (χ1) is 16.0. The topological polar surface area (TPSA) is 109 Å². The van der Waals surface area contributed by atoms with E-state index < -0.39 is 17.0 Å². The van der Waals surface area contributed by atoms with E-state index in [4.69, 9.17) is 4.74 Å². The number of ether oxygens (including phenoxy) is 1. The van der Waals surface area contributed by atoms with Gasteiger partial charge >= 0.3 is 0 Å². The van der Waals surface area contributed by atoms with Crippen LogP contribution in [0.15, 0.2) is 48.5 Å². The summed E-state index contributed by atoms with van der Waals surface area (Å²) in [4.78, 5) is 44.5. The molecule has 9 nitrogen and oxygen atoms in total. The Morgan fingerprint density at radius 2 is 2.00 bits per heavy atom. The first kappa shape index (κ1) is 21.1. The molecule has 2 aliphatic heterocycles. The number of benzene rings is 2. The fourth-order valence-electron chi connectivity index (χ4n) is 5.07. The Kier molecular flexibility index (Phi) is 5.33. The number of carbonyl (C=O) groups excluding carboxylic acids is 2. The van der Waals surface area contributed by atoms with Crippen LogP contribution in [0, 0.1) is 10.1 Å². The fraction of sp³-hybridized carbons (Fsp3) is 0.333. The van der Waals surface area contributed by atoms with Gasteiger partial charge in [-0.25, -0.2) is 0 Å². The highest BCUT2D eigenvalue weighted by Gasteiger charge is 2.48. The molecule has 0 saturated carbocycles. The Bertz CT molecular complexity index is 1250. The SMILES string of the molecule is COCCCN1CC(=O)N2C(Cc3c([nH]c4ccccc34)C2c2cccc([N+](=O)[O-])c2)C1=O. The van der Waals surface area contributed by atoms with Gasteiger partial charge in [-0.15, -0.1) is 0 Å². The van der Waals surface area contributed by atoms with Crippen molar-refractivity contribution in [3.05, 3.63) is 75.5 Å². The Hall–Kier alpha value is -3.72. The molecule has 170 valence electrons. The minimum atomic E-state index is -0.662. The normalized spacial score (nSPS) is 20.2. The number of amides is 2. The zero-order valence-corrected chi connectivity index (χ0v) is 18.2. The number of para-hydroxylation sites is 1. The van der Waals surface area contributed by atoms with E-state index >= 15 is 0 Å². The van der Waals surface area contributed by atoms with Crippen LogP contribution in [-0.2, 0) is 20.7 Å². The number of hydrogen-bond donors (Lipinski definition) is 1. The van der Waals surface area contributed by atoms with Crippen molar-refractivity contribution in [2.24, 2.45) is 0 Å². The van der Waals surface area contributed by atoms with Crippen LogP contribution < -0.4 is 0 Å². The molecule has 2 amide bonds. The van der Waals surface area contributed by atoms with Crippen LogP contribution in [0.25, 0.3) is 10.9 Å². The number of methoxy groups -OCH3 is 1.